The van der Waals surface area contributed by atoms with Crippen LogP contribution in [0.15, 0.2) is 40.9 Å². The lowest BCUT2D eigenvalue weighted by Gasteiger charge is -2.21. The molecule has 0 bridgehead atoms. The third kappa shape index (κ3) is 3.57. The van der Waals surface area contributed by atoms with Crippen LogP contribution in [0.1, 0.15) is 22.7 Å². The van der Waals surface area contributed by atoms with E-state index in [1.807, 2.05) is 25.2 Å². The number of ether oxygens (including phenoxy) is 2. The Hall–Kier alpha value is -1.52. The first-order valence-corrected chi connectivity index (χ1v) is 7.54. The number of nitrogens with one attached hydrogen (secondary N) is 1. The maximum Gasteiger partial charge on any atom is 0.122 e. The molecule has 0 aliphatic heterocycles. The van der Waals surface area contributed by atoms with E-state index in [0.717, 1.165) is 21.5 Å². The summed E-state index contributed by atoms with van der Waals surface area (Å²) < 4.78 is 11.8. The Balaban J connectivity index is 2.50. The number of aryl methyl sites for hydroxylation is 1. The van der Waals surface area contributed by atoms with Crippen molar-refractivity contribution >= 4 is 15.9 Å². The zero-order valence-electron chi connectivity index (χ0n) is 12.7. The maximum absolute atomic E-state index is 5.36. The molecule has 4 heteroatoms. The van der Waals surface area contributed by atoms with Crippen molar-refractivity contribution in [3.8, 4) is 11.5 Å². The molecule has 0 aliphatic carbocycles. The molecule has 0 fully saturated rings. The Morgan fingerprint density at radius 2 is 1.62 bits per heavy atom. The Bertz CT molecular complexity index is 606. The molecule has 2 rings (SSSR count). The molecule has 0 aliphatic rings. The second kappa shape index (κ2) is 6.96. The summed E-state index contributed by atoms with van der Waals surface area (Å²) >= 11 is 3.51. The molecule has 1 atom stereocenters. The van der Waals surface area contributed by atoms with Gasteiger partial charge in [0.05, 0.1) is 20.3 Å². The summed E-state index contributed by atoms with van der Waals surface area (Å²) in [7, 11) is 5.29. The van der Waals surface area contributed by atoms with E-state index < -0.39 is 0 Å². The van der Waals surface area contributed by atoms with Crippen LogP contribution in [0, 0.1) is 6.92 Å². The summed E-state index contributed by atoms with van der Waals surface area (Å²) in [5.74, 6) is 1.58. The van der Waals surface area contributed by atoms with Crippen LogP contribution in [-0.4, -0.2) is 21.3 Å². The third-order valence-electron chi connectivity index (χ3n) is 3.54. The minimum atomic E-state index is 0.0853. The molecular weight excluding hydrogens is 330 g/mol. The van der Waals surface area contributed by atoms with Crippen LogP contribution in [0.5, 0.6) is 11.5 Å². The fourth-order valence-electron chi connectivity index (χ4n) is 2.46. The average Bonchev–Trinajstić information content (AvgIpc) is 2.49. The molecule has 0 amide bonds. The van der Waals surface area contributed by atoms with Gasteiger partial charge in [-0.05, 0) is 54.9 Å². The molecule has 112 valence electrons. The fourth-order valence-corrected chi connectivity index (χ4v) is 2.94. The van der Waals surface area contributed by atoms with E-state index in [-0.39, 0.29) is 6.04 Å². The lowest BCUT2D eigenvalue weighted by Crippen LogP contribution is -2.18. The quantitative estimate of drug-likeness (QED) is 0.881. The predicted octanol–water partition coefficient (Wildman–Crippen LogP) is 4.08. The molecule has 2 aromatic rings. The molecule has 0 saturated carbocycles. The van der Waals surface area contributed by atoms with Crippen molar-refractivity contribution in [3.05, 3.63) is 57.6 Å². The van der Waals surface area contributed by atoms with Crippen molar-refractivity contribution in [1.29, 1.82) is 0 Å². The maximum atomic E-state index is 5.36. The Kier molecular flexibility index (Phi) is 5.26. The number of halogens is 1. The van der Waals surface area contributed by atoms with Gasteiger partial charge >= 0.3 is 0 Å². The lowest BCUT2D eigenvalue weighted by atomic mass is 9.95. The first kappa shape index (κ1) is 15.9. The van der Waals surface area contributed by atoms with Crippen LogP contribution in [-0.2, 0) is 0 Å². The molecule has 0 saturated heterocycles. The number of hydrogen-bond donors (Lipinski definition) is 1. The molecular formula is C17H20BrNO2. The van der Waals surface area contributed by atoms with Gasteiger partial charge in [-0.3, -0.25) is 0 Å². The van der Waals surface area contributed by atoms with E-state index in [4.69, 9.17) is 9.47 Å². The smallest absolute Gasteiger partial charge is 0.122 e. The highest BCUT2D eigenvalue weighted by atomic mass is 79.9. The summed E-state index contributed by atoms with van der Waals surface area (Å²) in [6.07, 6.45) is 0. The molecule has 21 heavy (non-hydrogen) atoms. The number of rotatable bonds is 5. The second-order valence-electron chi connectivity index (χ2n) is 4.87. The second-order valence-corrected chi connectivity index (χ2v) is 5.78. The topological polar surface area (TPSA) is 30.5 Å². The van der Waals surface area contributed by atoms with Gasteiger partial charge in [-0.15, -0.1) is 0 Å². The summed E-state index contributed by atoms with van der Waals surface area (Å²) in [6.45, 7) is 2.11. The van der Waals surface area contributed by atoms with Crippen LogP contribution in [0.3, 0.4) is 0 Å². The SMILES string of the molecule is CNC(c1cc(OC)cc(OC)c1)c1ccc(Br)cc1C. The zero-order chi connectivity index (χ0) is 15.4. The van der Waals surface area contributed by atoms with Gasteiger partial charge in [0.2, 0.25) is 0 Å². The van der Waals surface area contributed by atoms with Gasteiger partial charge < -0.3 is 14.8 Å². The van der Waals surface area contributed by atoms with E-state index >= 15 is 0 Å². The molecule has 1 unspecified atom stereocenters. The molecule has 0 spiro atoms. The van der Waals surface area contributed by atoms with Crippen molar-refractivity contribution in [2.45, 2.75) is 13.0 Å². The highest BCUT2D eigenvalue weighted by Gasteiger charge is 2.16. The minimum absolute atomic E-state index is 0.0853. The van der Waals surface area contributed by atoms with E-state index in [0.29, 0.717) is 0 Å². The molecule has 0 radical (unpaired) electrons. The lowest BCUT2D eigenvalue weighted by molar-refractivity contribution is 0.392. The molecule has 2 aromatic carbocycles. The molecule has 0 heterocycles. The molecule has 0 aromatic heterocycles. The minimum Gasteiger partial charge on any atom is -0.497 e. The van der Waals surface area contributed by atoms with Crippen LogP contribution < -0.4 is 14.8 Å². The Labute approximate surface area is 134 Å². The van der Waals surface area contributed by atoms with E-state index in [1.165, 1.54) is 11.1 Å². The fraction of sp³-hybridized carbons (Fsp3) is 0.294. The van der Waals surface area contributed by atoms with Crippen LogP contribution >= 0.6 is 15.9 Å². The summed E-state index contributed by atoms with van der Waals surface area (Å²) in [4.78, 5) is 0. The van der Waals surface area contributed by atoms with Gasteiger partial charge in [0.1, 0.15) is 11.5 Å². The standard InChI is InChI=1S/C17H20BrNO2/c1-11-7-13(18)5-6-16(11)17(19-2)12-8-14(20-3)10-15(9-12)21-4/h5-10,17,19H,1-4H3. The van der Waals surface area contributed by atoms with Gasteiger partial charge in [0.25, 0.3) is 0 Å². The zero-order valence-corrected chi connectivity index (χ0v) is 14.3. The first-order chi connectivity index (χ1) is 10.1. The van der Waals surface area contributed by atoms with Crippen LogP contribution in [0.2, 0.25) is 0 Å². The van der Waals surface area contributed by atoms with Crippen LogP contribution in [0.4, 0.5) is 0 Å². The molecule has 1 N–H and O–H groups in total. The van der Waals surface area contributed by atoms with Gasteiger partial charge in [0, 0.05) is 10.5 Å². The highest BCUT2D eigenvalue weighted by Crippen LogP contribution is 2.31. The third-order valence-corrected chi connectivity index (χ3v) is 4.03. The van der Waals surface area contributed by atoms with Gasteiger partial charge in [-0.2, -0.15) is 0 Å². The number of benzene rings is 2. The van der Waals surface area contributed by atoms with E-state index in [2.05, 4.69) is 46.4 Å². The van der Waals surface area contributed by atoms with Crippen molar-refractivity contribution in [3.63, 3.8) is 0 Å². The monoisotopic (exact) mass is 349 g/mol. The Morgan fingerprint density at radius 1 is 1.00 bits per heavy atom. The van der Waals surface area contributed by atoms with Crippen molar-refractivity contribution < 1.29 is 9.47 Å². The normalized spacial score (nSPS) is 12.0. The van der Waals surface area contributed by atoms with Gasteiger partial charge in [-0.1, -0.05) is 22.0 Å². The van der Waals surface area contributed by atoms with E-state index in [9.17, 15) is 0 Å². The first-order valence-electron chi connectivity index (χ1n) is 6.75. The van der Waals surface area contributed by atoms with Crippen LogP contribution in [0.25, 0.3) is 0 Å². The number of hydrogen-bond acceptors (Lipinski definition) is 3. The van der Waals surface area contributed by atoms with Gasteiger partial charge in [-0.25, -0.2) is 0 Å². The number of methoxy groups -OCH3 is 2. The largest absolute Gasteiger partial charge is 0.497 e. The summed E-state index contributed by atoms with van der Waals surface area (Å²) in [5, 5.41) is 3.37. The van der Waals surface area contributed by atoms with E-state index in [1.54, 1.807) is 14.2 Å². The van der Waals surface area contributed by atoms with Crippen molar-refractivity contribution in [2.75, 3.05) is 21.3 Å². The predicted molar refractivity (Wildman–Crippen MR) is 89.3 cm³/mol. The highest BCUT2D eigenvalue weighted by molar-refractivity contribution is 9.10. The molecule has 3 nitrogen and oxygen atoms in total. The van der Waals surface area contributed by atoms with Crippen molar-refractivity contribution in [2.24, 2.45) is 0 Å². The Morgan fingerprint density at radius 3 is 2.10 bits per heavy atom. The summed E-state index contributed by atoms with van der Waals surface area (Å²) in [6, 6.07) is 12.3. The van der Waals surface area contributed by atoms with Crippen molar-refractivity contribution in [1.82, 2.24) is 5.32 Å². The van der Waals surface area contributed by atoms with Gasteiger partial charge in [0.15, 0.2) is 0 Å². The average molecular weight is 350 g/mol. The summed E-state index contributed by atoms with van der Waals surface area (Å²) in [5.41, 5.74) is 3.57.